The minimum Gasteiger partial charge on any atom is -0.399 e. The van der Waals surface area contributed by atoms with Crippen molar-refractivity contribution in [1.82, 2.24) is 0 Å². The summed E-state index contributed by atoms with van der Waals surface area (Å²) < 4.78 is 0. The Morgan fingerprint density at radius 2 is 1.00 bits per heavy atom. The molecule has 15 heavy (non-hydrogen) atoms. The molecule has 0 atom stereocenters. The van der Waals surface area contributed by atoms with Crippen LogP contribution in [0, 0.1) is 0 Å². The Morgan fingerprint density at radius 3 is 1.27 bits per heavy atom. The smallest absolute Gasteiger partial charge is 0.0334 e. The molecule has 0 fully saturated rings. The number of anilines is 3. The third kappa shape index (κ3) is 4.57. The van der Waals surface area contributed by atoms with Gasteiger partial charge in [0.1, 0.15) is 0 Å². The number of hydrogen-bond acceptors (Lipinski definition) is 3. The summed E-state index contributed by atoms with van der Waals surface area (Å²) in [7, 11) is 0. The van der Waals surface area contributed by atoms with Crippen LogP contribution in [0.2, 0.25) is 0 Å². The maximum absolute atomic E-state index is 5.38. The van der Waals surface area contributed by atoms with Crippen molar-refractivity contribution in [3.05, 3.63) is 54.6 Å². The predicted molar refractivity (Wildman–Crippen MR) is 66.1 cm³/mol. The molecule has 0 saturated heterocycles. The van der Waals surface area contributed by atoms with Gasteiger partial charge in [-0.25, -0.2) is 0 Å². The molecule has 0 saturated carbocycles. The molecule has 2 aromatic rings. The fourth-order valence-electron chi connectivity index (χ4n) is 1.01. The van der Waals surface area contributed by atoms with E-state index in [0.29, 0.717) is 11.4 Å². The summed E-state index contributed by atoms with van der Waals surface area (Å²) in [4.78, 5) is 0. The molecule has 78 valence electrons. The molecule has 0 unspecified atom stereocenters. The van der Waals surface area contributed by atoms with Gasteiger partial charge in [0, 0.05) is 17.1 Å². The second-order valence-corrected chi connectivity index (χ2v) is 3.08. The van der Waals surface area contributed by atoms with Gasteiger partial charge in [0.2, 0.25) is 0 Å². The van der Waals surface area contributed by atoms with Crippen LogP contribution in [0.25, 0.3) is 0 Å². The molecule has 0 aliphatic carbocycles. The topological polar surface area (TPSA) is 78.1 Å². The maximum Gasteiger partial charge on any atom is 0.0334 e. The number of benzene rings is 2. The fourth-order valence-corrected chi connectivity index (χ4v) is 1.01. The molecule has 2 aromatic carbocycles. The first kappa shape index (κ1) is 10.9. The maximum atomic E-state index is 5.38. The lowest BCUT2D eigenvalue weighted by atomic mass is 10.3. The van der Waals surface area contributed by atoms with Crippen molar-refractivity contribution in [2.45, 2.75) is 0 Å². The Labute approximate surface area is 89.5 Å². The zero-order valence-electron chi connectivity index (χ0n) is 8.43. The number of hydrogen-bond donors (Lipinski definition) is 3. The van der Waals surface area contributed by atoms with E-state index in [1.165, 1.54) is 0 Å². The average Bonchev–Trinajstić information content (AvgIpc) is 2.19. The summed E-state index contributed by atoms with van der Waals surface area (Å²) in [6, 6.07) is 16.6. The van der Waals surface area contributed by atoms with Crippen LogP contribution in [0.4, 0.5) is 17.1 Å². The normalized spacial score (nSPS) is 8.80. The van der Waals surface area contributed by atoms with Crippen molar-refractivity contribution in [3.63, 3.8) is 0 Å². The van der Waals surface area contributed by atoms with Gasteiger partial charge >= 0.3 is 0 Å². The van der Waals surface area contributed by atoms with E-state index in [2.05, 4.69) is 0 Å². The summed E-state index contributed by atoms with van der Waals surface area (Å²) in [5, 5.41) is 0. The second-order valence-electron chi connectivity index (χ2n) is 3.08. The standard InChI is InChI=1S/C6H8N2.C6H7N/c7-5-2-1-3-6(8)4-5;7-6-4-2-1-3-5-6/h1-4H,7-8H2;1-5H,7H2. The zero-order valence-corrected chi connectivity index (χ0v) is 8.43. The molecule has 6 N–H and O–H groups in total. The quantitative estimate of drug-likeness (QED) is 0.571. The molecule has 3 nitrogen and oxygen atoms in total. The molecule has 0 aliphatic rings. The summed E-state index contributed by atoms with van der Waals surface area (Å²) in [5.74, 6) is 0. The lowest BCUT2D eigenvalue weighted by molar-refractivity contribution is 1.67. The van der Waals surface area contributed by atoms with Gasteiger partial charge in [-0.1, -0.05) is 24.3 Å². The van der Waals surface area contributed by atoms with Crippen LogP contribution < -0.4 is 17.2 Å². The van der Waals surface area contributed by atoms with E-state index < -0.39 is 0 Å². The van der Waals surface area contributed by atoms with E-state index in [1.54, 1.807) is 18.2 Å². The molecule has 3 heteroatoms. The molecule has 0 heterocycles. The van der Waals surface area contributed by atoms with Crippen molar-refractivity contribution < 1.29 is 0 Å². The van der Waals surface area contributed by atoms with E-state index in [4.69, 9.17) is 17.2 Å². The van der Waals surface area contributed by atoms with Gasteiger partial charge in [0.15, 0.2) is 0 Å². The Hall–Kier alpha value is -2.16. The van der Waals surface area contributed by atoms with Gasteiger partial charge < -0.3 is 17.2 Å². The Bertz CT molecular complexity index is 381. The zero-order chi connectivity index (χ0) is 11.1. The van der Waals surface area contributed by atoms with Crippen LogP contribution in [-0.4, -0.2) is 0 Å². The SMILES string of the molecule is Nc1cccc(N)c1.Nc1ccccc1. The summed E-state index contributed by atoms with van der Waals surface area (Å²) in [5.41, 5.74) is 18.4. The number of nitrogen functional groups attached to an aromatic ring is 3. The fraction of sp³-hybridized carbons (Fsp3) is 0. The first-order chi connectivity index (χ1) is 7.18. The molecule has 0 radical (unpaired) electrons. The van der Waals surface area contributed by atoms with E-state index in [1.807, 2.05) is 36.4 Å². The summed E-state index contributed by atoms with van der Waals surface area (Å²) in [6.07, 6.45) is 0. The summed E-state index contributed by atoms with van der Waals surface area (Å²) in [6.45, 7) is 0. The highest BCUT2D eigenvalue weighted by Gasteiger charge is 1.81. The van der Waals surface area contributed by atoms with E-state index in [-0.39, 0.29) is 0 Å². The van der Waals surface area contributed by atoms with Crippen molar-refractivity contribution in [3.8, 4) is 0 Å². The molecular formula is C12H15N3. The third-order valence-electron chi connectivity index (χ3n) is 1.71. The van der Waals surface area contributed by atoms with Crippen molar-refractivity contribution in [2.75, 3.05) is 17.2 Å². The second kappa shape index (κ2) is 5.54. The monoisotopic (exact) mass is 201 g/mol. The number of rotatable bonds is 0. The molecular weight excluding hydrogens is 186 g/mol. The van der Waals surface area contributed by atoms with Crippen molar-refractivity contribution in [1.29, 1.82) is 0 Å². The molecule has 0 aliphatic heterocycles. The van der Waals surface area contributed by atoms with Crippen LogP contribution in [-0.2, 0) is 0 Å². The predicted octanol–water partition coefficient (Wildman–Crippen LogP) is 2.12. The molecule has 0 bridgehead atoms. The first-order valence-electron chi connectivity index (χ1n) is 4.60. The highest BCUT2D eigenvalue weighted by Crippen LogP contribution is 2.06. The van der Waals surface area contributed by atoms with Gasteiger partial charge in [0.05, 0.1) is 0 Å². The van der Waals surface area contributed by atoms with Crippen molar-refractivity contribution >= 4 is 17.1 Å². The summed E-state index contributed by atoms with van der Waals surface area (Å²) >= 11 is 0. The third-order valence-corrected chi connectivity index (χ3v) is 1.71. The van der Waals surface area contributed by atoms with E-state index in [9.17, 15) is 0 Å². The van der Waals surface area contributed by atoms with Gasteiger partial charge in [-0.15, -0.1) is 0 Å². The lowest BCUT2D eigenvalue weighted by Gasteiger charge is -1.91. The number of nitrogens with two attached hydrogens (primary N) is 3. The molecule has 0 spiro atoms. The molecule has 2 rings (SSSR count). The van der Waals surface area contributed by atoms with E-state index in [0.717, 1.165) is 5.69 Å². The molecule has 0 aromatic heterocycles. The Kier molecular flexibility index (Phi) is 4.04. The minimum atomic E-state index is 0.713. The van der Waals surface area contributed by atoms with Gasteiger partial charge in [-0.05, 0) is 30.3 Å². The van der Waals surface area contributed by atoms with Gasteiger partial charge in [0.25, 0.3) is 0 Å². The Balaban J connectivity index is 0.000000151. The first-order valence-corrected chi connectivity index (χ1v) is 4.60. The molecule has 0 amide bonds. The highest BCUT2D eigenvalue weighted by atomic mass is 14.6. The van der Waals surface area contributed by atoms with Crippen molar-refractivity contribution in [2.24, 2.45) is 0 Å². The van der Waals surface area contributed by atoms with E-state index >= 15 is 0 Å². The van der Waals surface area contributed by atoms with Crippen LogP contribution in [0.3, 0.4) is 0 Å². The van der Waals surface area contributed by atoms with Crippen LogP contribution >= 0.6 is 0 Å². The average molecular weight is 201 g/mol. The Morgan fingerprint density at radius 1 is 0.533 bits per heavy atom. The highest BCUT2D eigenvalue weighted by molar-refractivity contribution is 5.50. The minimum absolute atomic E-state index is 0.713. The van der Waals surface area contributed by atoms with Crippen LogP contribution in [0.1, 0.15) is 0 Å². The lowest BCUT2D eigenvalue weighted by Crippen LogP contribution is -1.87. The largest absolute Gasteiger partial charge is 0.399 e. The van der Waals surface area contributed by atoms with Crippen LogP contribution in [0.5, 0.6) is 0 Å². The number of para-hydroxylation sites is 1. The van der Waals surface area contributed by atoms with Gasteiger partial charge in [-0.2, -0.15) is 0 Å². The van der Waals surface area contributed by atoms with Gasteiger partial charge in [-0.3, -0.25) is 0 Å². The van der Waals surface area contributed by atoms with Crippen LogP contribution in [0.15, 0.2) is 54.6 Å².